The molecular weight excluding hydrogens is 368 g/mol. The van der Waals surface area contributed by atoms with Gasteiger partial charge in [-0.25, -0.2) is 4.98 Å². The summed E-state index contributed by atoms with van der Waals surface area (Å²) in [4.78, 5) is 19.7. The fourth-order valence-corrected chi connectivity index (χ4v) is 4.12. The first-order valence-electron chi connectivity index (χ1n) is 8.26. The summed E-state index contributed by atoms with van der Waals surface area (Å²) in [5, 5.41) is 9.47. The molecule has 2 aromatic heterocycles. The molecule has 0 N–H and O–H groups in total. The maximum Gasteiger partial charge on any atom is 0.277 e. The van der Waals surface area contributed by atoms with Gasteiger partial charge in [0.25, 0.3) is 11.1 Å². The Morgan fingerprint density at radius 2 is 2.00 bits per heavy atom. The monoisotopic (exact) mass is 388 g/mol. The number of benzene rings is 1. The van der Waals surface area contributed by atoms with Gasteiger partial charge in [0, 0.05) is 12.2 Å². The molecule has 0 bridgehead atoms. The highest BCUT2D eigenvalue weighted by Crippen LogP contribution is 2.30. The molecule has 6 nitrogen and oxygen atoms in total. The number of hydrogen-bond donors (Lipinski definition) is 0. The first-order chi connectivity index (χ1) is 12.5. The summed E-state index contributed by atoms with van der Waals surface area (Å²) in [5.74, 6) is 0.704. The predicted octanol–water partition coefficient (Wildman–Crippen LogP) is 4.26. The number of aryl methyl sites for hydroxylation is 3. The Morgan fingerprint density at radius 1 is 1.23 bits per heavy atom. The maximum absolute atomic E-state index is 12.6. The van der Waals surface area contributed by atoms with E-state index in [1.165, 1.54) is 23.1 Å². The molecule has 0 aliphatic rings. The number of hydrogen-bond acceptors (Lipinski definition) is 7. The van der Waals surface area contributed by atoms with E-state index in [4.69, 9.17) is 4.42 Å². The Labute approximate surface area is 160 Å². The predicted molar refractivity (Wildman–Crippen MR) is 105 cm³/mol. The Balaban J connectivity index is 1.68. The lowest BCUT2D eigenvalue weighted by molar-refractivity contribution is -0.116. The van der Waals surface area contributed by atoms with Gasteiger partial charge in [-0.2, -0.15) is 0 Å². The van der Waals surface area contributed by atoms with Crippen LogP contribution in [0.2, 0.25) is 0 Å². The second-order valence-corrected chi connectivity index (χ2v) is 7.86. The molecule has 1 amide bonds. The number of thiazole rings is 1. The van der Waals surface area contributed by atoms with Crippen LogP contribution in [0, 0.1) is 20.8 Å². The lowest BCUT2D eigenvalue weighted by Gasteiger charge is -2.22. The summed E-state index contributed by atoms with van der Waals surface area (Å²) in [6.07, 6.45) is 0. The fraction of sp³-hybridized carbons (Fsp3) is 0.333. The van der Waals surface area contributed by atoms with Crippen LogP contribution in [0.5, 0.6) is 0 Å². The summed E-state index contributed by atoms with van der Waals surface area (Å²) in [6.45, 7) is 8.44. The van der Waals surface area contributed by atoms with Crippen molar-refractivity contribution in [1.82, 2.24) is 15.2 Å². The zero-order valence-electron chi connectivity index (χ0n) is 15.1. The molecule has 0 radical (unpaired) electrons. The molecule has 0 spiro atoms. The molecule has 0 aliphatic heterocycles. The minimum Gasteiger partial charge on any atom is -0.410 e. The fourth-order valence-electron chi connectivity index (χ4n) is 2.64. The molecule has 3 rings (SSSR count). The molecule has 0 fully saturated rings. The molecule has 136 valence electrons. The van der Waals surface area contributed by atoms with Gasteiger partial charge >= 0.3 is 0 Å². The van der Waals surface area contributed by atoms with Gasteiger partial charge in [0.05, 0.1) is 16.5 Å². The summed E-state index contributed by atoms with van der Waals surface area (Å²) in [7, 11) is 0. The summed E-state index contributed by atoms with van der Waals surface area (Å²) < 4.78 is 5.70. The summed E-state index contributed by atoms with van der Waals surface area (Å²) in [5.41, 5.74) is 2.88. The van der Waals surface area contributed by atoms with Crippen LogP contribution in [-0.4, -0.2) is 33.4 Å². The van der Waals surface area contributed by atoms with Crippen molar-refractivity contribution >= 4 is 34.7 Å². The SMILES string of the molecule is CCN(C(=O)CSc1nnc(-c2sc(C)nc2C)o1)c1ccccc1C. The second kappa shape index (κ2) is 8.01. The van der Waals surface area contributed by atoms with Crippen LogP contribution in [-0.2, 0) is 4.79 Å². The van der Waals surface area contributed by atoms with E-state index < -0.39 is 0 Å². The molecule has 1 aromatic carbocycles. The zero-order valence-corrected chi connectivity index (χ0v) is 16.8. The topological polar surface area (TPSA) is 72.1 Å². The number of carbonyl (C=O) groups excluding carboxylic acids is 1. The minimum absolute atomic E-state index is 0.0105. The number of amides is 1. The van der Waals surface area contributed by atoms with Crippen LogP contribution in [0.3, 0.4) is 0 Å². The van der Waals surface area contributed by atoms with Crippen molar-refractivity contribution in [3.8, 4) is 10.8 Å². The molecule has 2 heterocycles. The number of nitrogens with zero attached hydrogens (tertiary/aromatic N) is 4. The van der Waals surface area contributed by atoms with Crippen molar-refractivity contribution in [2.75, 3.05) is 17.2 Å². The standard InChI is InChI=1S/C18H20N4O2S2/c1-5-22(14-9-7-6-8-11(14)2)15(23)10-25-18-21-20-17(24-18)16-12(3)19-13(4)26-16/h6-9H,5,10H2,1-4H3. The van der Waals surface area contributed by atoms with Crippen molar-refractivity contribution in [3.63, 3.8) is 0 Å². The number of carbonyl (C=O) groups is 1. The van der Waals surface area contributed by atoms with E-state index in [1.54, 1.807) is 4.90 Å². The molecule has 0 aliphatic carbocycles. The molecule has 26 heavy (non-hydrogen) atoms. The van der Waals surface area contributed by atoms with E-state index >= 15 is 0 Å². The van der Waals surface area contributed by atoms with E-state index in [0.29, 0.717) is 17.7 Å². The molecule has 0 saturated carbocycles. The van der Waals surface area contributed by atoms with Gasteiger partial charge in [-0.3, -0.25) is 4.79 Å². The Kier molecular flexibility index (Phi) is 5.73. The van der Waals surface area contributed by atoms with Crippen LogP contribution in [0.1, 0.15) is 23.2 Å². The van der Waals surface area contributed by atoms with Gasteiger partial charge < -0.3 is 9.32 Å². The Bertz CT molecular complexity index is 920. The van der Waals surface area contributed by atoms with Crippen molar-refractivity contribution in [3.05, 3.63) is 40.5 Å². The van der Waals surface area contributed by atoms with E-state index in [2.05, 4.69) is 15.2 Å². The molecule has 0 unspecified atom stereocenters. The summed E-state index contributed by atoms with van der Waals surface area (Å²) in [6, 6.07) is 7.87. The van der Waals surface area contributed by atoms with Gasteiger partial charge in [0.1, 0.15) is 4.88 Å². The number of thioether (sulfide) groups is 1. The third-order valence-electron chi connectivity index (χ3n) is 3.85. The van der Waals surface area contributed by atoms with Gasteiger partial charge in [0.15, 0.2) is 0 Å². The third-order valence-corrected chi connectivity index (χ3v) is 5.71. The van der Waals surface area contributed by atoms with Crippen molar-refractivity contribution in [2.45, 2.75) is 32.9 Å². The average Bonchev–Trinajstić information content (AvgIpc) is 3.21. The molecular formula is C18H20N4O2S2. The van der Waals surface area contributed by atoms with Gasteiger partial charge in [-0.05, 0) is 39.3 Å². The average molecular weight is 389 g/mol. The normalized spacial score (nSPS) is 10.9. The van der Waals surface area contributed by atoms with Crippen molar-refractivity contribution < 1.29 is 9.21 Å². The van der Waals surface area contributed by atoms with E-state index in [9.17, 15) is 4.79 Å². The molecule has 0 saturated heterocycles. The number of aromatic nitrogens is 3. The van der Waals surface area contributed by atoms with Crippen LogP contribution in [0.4, 0.5) is 5.69 Å². The lowest BCUT2D eigenvalue weighted by atomic mass is 10.2. The largest absolute Gasteiger partial charge is 0.410 e. The highest BCUT2D eigenvalue weighted by Gasteiger charge is 2.19. The van der Waals surface area contributed by atoms with Gasteiger partial charge in [-0.1, -0.05) is 30.0 Å². The van der Waals surface area contributed by atoms with E-state index in [-0.39, 0.29) is 11.7 Å². The van der Waals surface area contributed by atoms with Crippen LogP contribution >= 0.6 is 23.1 Å². The smallest absolute Gasteiger partial charge is 0.277 e. The van der Waals surface area contributed by atoms with Crippen molar-refractivity contribution in [2.24, 2.45) is 0 Å². The van der Waals surface area contributed by atoms with Crippen LogP contribution < -0.4 is 4.90 Å². The maximum atomic E-state index is 12.6. The highest BCUT2D eigenvalue weighted by molar-refractivity contribution is 7.99. The third kappa shape index (κ3) is 3.96. The van der Waals surface area contributed by atoms with Gasteiger partial charge in [-0.15, -0.1) is 21.5 Å². The summed E-state index contributed by atoms with van der Waals surface area (Å²) >= 11 is 2.77. The minimum atomic E-state index is 0.0105. The number of anilines is 1. The number of rotatable bonds is 6. The molecule has 0 atom stereocenters. The van der Waals surface area contributed by atoms with Crippen LogP contribution in [0.25, 0.3) is 10.8 Å². The zero-order chi connectivity index (χ0) is 18.7. The molecule has 3 aromatic rings. The quantitative estimate of drug-likeness (QED) is 0.588. The van der Waals surface area contributed by atoms with Crippen LogP contribution in [0.15, 0.2) is 33.9 Å². The lowest BCUT2D eigenvalue weighted by Crippen LogP contribution is -2.32. The van der Waals surface area contributed by atoms with E-state index in [1.807, 2.05) is 52.0 Å². The van der Waals surface area contributed by atoms with E-state index in [0.717, 1.165) is 26.8 Å². The Hall–Kier alpha value is -2.19. The van der Waals surface area contributed by atoms with Gasteiger partial charge in [0.2, 0.25) is 5.91 Å². The Morgan fingerprint density at radius 3 is 2.65 bits per heavy atom. The first kappa shape index (κ1) is 18.6. The highest BCUT2D eigenvalue weighted by atomic mass is 32.2. The second-order valence-electron chi connectivity index (χ2n) is 5.73. The number of para-hydroxylation sites is 1. The van der Waals surface area contributed by atoms with Crippen molar-refractivity contribution in [1.29, 1.82) is 0 Å². The molecule has 8 heteroatoms. The first-order valence-corrected chi connectivity index (χ1v) is 10.1.